The third-order valence-electron chi connectivity index (χ3n) is 6.77. The fourth-order valence-electron chi connectivity index (χ4n) is 4.72. The number of likely N-dealkylation sites (tertiary alicyclic amines) is 1. The molecule has 38 heavy (non-hydrogen) atoms. The van der Waals surface area contributed by atoms with Crippen molar-refractivity contribution in [3.05, 3.63) is 62.6 Å². The zero-order valence-electron chi connectivity index (χ0n) is 20.2. The Bertz CT molecular complexity index is 1300. The summed E-state index contributed by atoms with van der Waals surface area (Å²) >= 11 is 18.4. The molecule has 208 valence electrons. The molecule has 0 aromatic heterocycles. The summed E-state index contributed by atoms with van der Waals surface area (Å²) in [7, 11) is -3.33. The maximum Gasteiger partial charge on any atom is 0.416 e. The summed E-state index contributed by atoms with van der Waals surface area (Å²) in [6, 6.07) is 7.88. The van der Waals surface area contributed by atoms with Crippen molar-refractivity contribution in [2.24, 2.45) is 5.92 Å². The minimum absolute atomic E-state index is 0.0850. The van der Waals surface area contributed by atoms with Gasteiger partial charge in [-0.2, -0.15) is 17.5 Å². The van der Waals surface area contributed by atoms with E-state index in [-0.39, 0.29) is 61.4 Å². The van der Waals surface area contributed by atoms with E-state index in [4.69, 9.17) is 39.5 Å². The summed E-state index contributed by atoms with van der Waals surface area (Å²) in [6.07, 6.45) is -3.39. The van der Waals surface area contributed by atoms with Gasteiger partial charge in [-0.1, -0.05) is 40.9 Å². The first kappa shape index (κ1) is 29.1. The smallest absolute Gasteiger partial charge is 0.416 e. The number of carbonyl (C=O) groups excluding carboxylic acids is 1. The molecule has 0 radical (unpaired) electrons. The van der Waals surface area contributed by atoms with Crippen LogP contribution in [0.15, 0.2) is 36.4 Å². The zero-order valence-corrected chi connectivity index (χ0v) is 23.3. The number of ether oxygens (including phenoxy) is 1. The van der Waals surface area contributed by atoms with Crippen LogP contribution in [0.4, 0.5) is 18.0 Å². The molecule has 0 N–H and O–H groups in total. The van der Waals surface area contributed by atoms with Gasteiger partial charge < -0.3 is 14.5 Å². The maximum atomic E-state index is 13.3. The second kappa shape index (κ2) is 11.3. The number of benzene rings is 2. The van der Waals surface area contributed by atoms with Crippen LogP contribution in [0.25, 0.3) is 0 Å². The molecule has 0 bridgehead atoms. The van der Waals surface area contributed by atoms with Crippen LogP contribution in [0.3, 0.4) is 0 Å². The number of carbonyl (C=O) groups is 1. The number of sulfonamides is 1. The average Bonchev–Trinajstić information content (AvgIpc) is 3.27. The van der Waals surface area contributed by atoms with Gasteiger partial charge in [-0.05, 0) is 35.9 Å². The fraction of sp³-hybridized carbons (Fsp3) is 0.458. The first-order valence-corrected chi connectivity index (χ1v) is 14.7. The monoisotopic (exact) mass is 613 g/mol. The molecule has 7 nitrogen and oxygen atoms in total. The van der Waals surface area contributed by atoms with Gasteiger partial charge in [-0.25, -0.2) is 13.2 Å². The zero-order chi connectivity index (χ0) is 27.8. The standard InChI is InChI=1S/C24H25Cl3F3N3O4S/c1-38(35,36)33-8-6-31(7-9-33)23(34)32-12-16(18(13-32)15-2-4-19(25)20(26)10-15)14-37-22-5-3-17(11-21(22)27)24(28,29)30/h2-5,10-11,16,18H,6-9,12-14H2,1H3/t16-,18-/m0/s1. The lowest BCUT2D eigenvalue weighted by Crippen LogP contribution is -2.53. The lowest BCUT2D eigenvalue weighted by atomic mass is 9.89. The highest BCUT2D eigenvalue weighted by molar-refractivity contribution is 7.88. The second-order valence-electron chi connectivity index (χ2n) is 9.33. The molecule has 2 aromatic rings. The third kappa shape index (κ3) is 6.62. The number of amides is 2. The van der Waals surface area contributed by atoms with Gasteiger partial charge in [-0.3, -0.25) is 0 Å². The molecule has 14 heteroatoms. The SMILES string of the molecule is CS(=O)(=O)N1CCN(C(=O)N2C[C@@H](COc3ccc(C(F)(F)F)cc3Cl)[C@H](c3ccc(Cl)c(Cl)c3)C2)CC1. The Labute approximate surface area is 234 Å². The molecule has 2 atom stereocenters. The van der Waals surface area contributed by atoms with Crippen LogP contribution in [-0.4, -0.2) is 80.7 Å². The second-order valence-corrected chi connectivity index (χ2v) is 12.5. The Morgan fingerprint density at radius 1 is 0.947 bits per heavy atom. The molecule has 2 amide bonds. The first-order chi connectivity index (χ1) is 17.7. The molecule has 2 aliphatic heterocycles. The summed E-state index contributed by atoms with van der Waals surface area (Å²) in [6.45, 7) is 1.71. The van der Waals surface area contributed by atoms with Crippen molar-refractivity contribution in [1.82, 2.24) is 14.1 Å². The van der Waals surface area contributed by atoms with Crippen molar-refractivity contribution >= 4 is 50.9 Å². The van der Waals surface area contributed by atoms with Crippen LogP contribution in [0, 0.1) is 5.92 Å². The highest BCUT2D eigenvalue weighted by Gasteiger charge is 2.39. The van der Waals surface area contributed by atoms with Gasteiger partial charge in [0.05, 0.1) is 33.5 Å². The molecule has 0 aliphatic carbocycles. The van der Waals surface area contributed by atoms with E-state index in [9.17, 15) is 26.4 Å². The lowest BCUT2D eigenvalue weighted by Gasteiger charge is -2.35. The van der Waals surface area contributed by atoms with Crippen molar-refractivity contribution in [2.45, 2.75) is 12.1 Å². The molecule has 0 unspecified atom stereocenters. The van der Waals surface area contributed by atoms with E-state index in [0.29, 0.717) is 23.1 Å². The Hall–Kier alpha value is -1.92. The van der Waals surface area contributed by atoms with Crippen molar-refractivity contribution < 1.29 is 31.1 Å². The number of piperazine rings is 1. The predicted molar refractivity (Wildman–Crippen MR) is 140 cm³/mol. The van der Waals surface area contributed by atoms with Crippen LogP contribution < -0.4 is 4.74 Å². The highest BCUT2D eigenvalue weighted by atomic mass is 35.5. The molecular formula is C24H25Cl3F3N3O4S. The van der Waals surface area contributed by atoms with E-state index >= 15 is 0 Å². The molecule has 2 heterocycles. The van der Waals surface area contributed by atoms with E-state index in [1.807, 2.05) is 6.07 Å². The molecule has 2 aromatic carbocycles. The number of halogens is 6. The normalized spacial score (nSPS) is 21.1. The maximum absolute atomic E-state index is 13.3. The van der Waals surface area contributed by atoms with E-state index in [2.05, 4.69) is 0 Å². The van der Waals surface area contributed by atoms with Crippen molar-refractivity contribution in [3.63, 3.8) is 0 Å². The Morgan fingerprint density at radius 3 is 2.21 bits per heavy atom. The lowest BCUT2D eigenvalue weighted by molar-refractivity contribution is -0.137. The van der Waals surface area contributed by atoms with Gasteiger partial charge in [0.2, 0.25) is 10.0 Å². The number of hydrogen-bond donors (Lipinski definition) is 0. The number of alkyl halides is 3. The summed E-state index contributed by atoms with van der Waals surface area (Å²) < 4.78 is 69.8. The molecule has 0 saturated carbocycles. The number of urea groups is 1. The van der Waals surface area contributed by atoms with Crippen LogP contribution in [-0.2, 0) is 16.2 Å². The largest absolute Gasteiger partial charge is 0.492 e. The molecule has 2 fully saturated rings. The molecule has 0 spiro atoms. The average molecular weight is 615 g/mol. The Kier molecular flexibility index (Phi) is 8.64. The quantitative estimate of drug-likeness (QED) is 0.449. The third-order valence-corrected chi connectivity index (χ3v) is 9.11. The van der Waals surface area contributed by atoms with E-state index in [1.54, 1.807) is 21.9 Å². The Morgan fingerprint density at radius 2 is 1.63 bits per heavy atom. The van der Waals surface area contributed by atoms with Crippen molar-refractivity contribution in [3.8, 4) is 5.75 Å². The van der Waals surface area contributed by atoms with Gasteiger partial charge in [-0.15, -0.1) is 0 Å². The number of nitrogens with zero attached hydrogens (tertiary/aromatic N) is 3. The number of rotatable bonds is 5. The Balaban J connectivity index is 1.50. The molecule has 2 saturated heterocycles. The summed E-state index contributed by atoms with van der Waals surface area (Å²) in [4.78, 5) is 16.6. The van der Waals surface area contributed by atoms with Gasteiger partial charge in [0.1, 0.15) is 5.75 Å². The van der Waals surface area contributed by atoms with Crippen LogP contribution >= 0.6 is 34.8 Å². The van der Waals surface area contributed by atoms with Crippen molar-refractivity contribution in [2.75, 3.05) is 52.1 Å². The van der Waals surface area contributed by atoms with Crippen LogP contribution in [0.5, 0.6) is 5.75 Å². The van der Waals surface area contributed by atoms with Crippen LogP contribution in [0.1, 0.15) is 17.0 Å². The van der Waals surface area contributed by atoms with E-state index < -0.39 is 21.8 Å². The van der Waals surface area contributed by atoms with E-state index in [0.717, 1.165) is 24.0 Å². The topological polar surface area (TPSA) is 70.2 Å². The first-order valence-electron chi connectivity index (χ1n) is 11.7. The summed E-state index contributed by atoms with van der Waals surface area (Å²) in [5.74, 6) is -0.319. The van der Waals surface area contributed by atoms with E-state index in [1.165, 1.54) is 10.4 Å². The summed E-state index contributed by atoms with van der Waals surface area (Å²) in [5.41, 5.74) is -0.0409. The van der Waals surface area contributed by atoms with Crippen molar-refractivity contribution in [1.29, 1.82) is 0 Å². The number of hydrogen-bond acceptors (Lipinski definition) is 4. The van der Waals surface area contributed by atoms with Gasteiger partial charge in [0.25, 0.3) is 0 Å². The minimum Gasteiger partial charge on any atom is -0.492 e. The molecule has 4 rings (SSSR count). The van der Waals surface area contributed by atoms with Crippen LogP contribution in [0.2, 0.25) is 15.1 Å². The van der Waals surface area contributed by atoms with Gasteiger partial charge in [0.15, 0.2) is 0 Å². The molecule has 2 aliphatic rings. The van der Waals surface area contributed by atoms with Gasteiger partial charge >= 0.3 is 12.2 Å². The highest BCUT2D eigenvalue weighted by Crippen LogP contribution is 2.38. The fourth-order valence-corrected chi connectivity index (χ4v) is 6.09. The van der Waals surface area contributed by atoms with Gasteiger partial charge in [0, 0.05) is 51.1 Å². The predicted octanol–water partition coefficient (Wildman–Crippen LogP) is 5.46. The molecular weight excluding hydrogens is 590 g/mol. The minimum atomic E-state index is -4.53. The summed E-state index contributed by atoms with van der Waals surface area (Å²) in [5, 5.41) is 0.575.